The van der Waals surface area contributed by atoms with Crippen LogP contribution in [0.25, 0.3) is 0 Å². The van der Waals surface area contributed by atoms with Crippen molar-refractivity contribution in [3.63, 3.8) is 0 Å². The van der Waals surface area contributed by atoms with Gasteiger partial charge in [0.1, 0.15) is 6.54 Å². The van der Waals surface area contributed by atoms with E-state index in [0.717, 1.165) is 58.1 Å². The number of carbonyl (C=O) groups excluding carboxylic acids is 1. The molecule has 2 aromatic rings. The van der Waals surface area contributed by atoms with Crippen LogP contribution >= 0.6 is 11.8 Å². The minimum absolute atomic E-state index is 0.0968. The summed E-state index contributed by atoms with van der Waals surface area (Å²) in [5.74, 6) is 0.838. The summed E-state index contributed by atoms with van der Waals surface area (Å²) in [6.45, 7) is 7.77. The van der Waals surface area contributed by atoms with Crippen LogP contribution in [0.5, 0.6) is 0 Å². The lowest BCUT2D eigenvalue weighted by atomic mass is 10.1. The number of morpholine rings is 1. The number of ether oxygens (including phenoxy) is 1. The predicted octanol–water partition coefficient (Wildman–Crippen LogP) is 1.60. The quantitative estimate of drug-likeness (QED) is 0.708. The number of tetrazole rings is 1. The van der Waals surface area contributed by atoms with E-state index in [1.165, 1.54) is 10.5 Å². The maximum atomic E-state index is 12.8. The Kier molecular flexibility index (Phi) is 6.78. The van der Waals surface area contributed by atoms with Crippen LogP contribution < -0.4 is 0 Å². The Morgan fingerprint density at radius 2 is 2.00 bits per heavy atom. The van der Waals surface area contributed by atoms with Crippen molar-refractivity contribution in [2.75, 3.05) is 39.4 Å². The molecular weight excluding hydrogens is 388 g/mol. The van der Waals surface area contributed by atoms with Crippen molar-refractivity contribution in [3.8, 4) is 0 Å². The highest BCUT2D eigenvalue weighted by molar-refractivity contribution is 8.00. The molecule has 0 spiro atoms. The molecule has 0 saturated carbocycles. The van der Waals surface area contributed by atoms with Crippen molar-refractivity contribution >= 4 is 17.7 Å². The van der Waals surface area contributed by atoms with Crippen molar-refractivity contribution in [1.29, 1.82) is 0 Å². The maximum absolute atomic E-state index is 12.8. The number of benzene rings is 1. The Morgan fingerprint density at radius 3 is 2.76 bits per heavy atom. The van der Waals surface area contributed by atoms with Gasteiger partial charge in [-0.1, -0.05) is 17.7 Å². The number of nitrogens with zero attached hydrogens (tertiary/aromatic N) is 6. The number of amides is 1. The van der Waals surface area contributed by atoms with Gasteiger partial charge in [-0.3, -0.25) is 9.69 Å². The fourth-order valence-electron chi connectivity index (χ4n) is 3.75. The fraction of sp³-hybridized carbons (Fsp3) is 0.600. The van der Waals surface area contributed by atoms with Crippen LogP contribution in [0.3, 0.4) is 0 Å². The summed E-state index contributed by atoms with van der Waals surface area (Å²) in [7, 11) is 0. The highest BCUT2D eigenvalue weighted by Gasteiger charge is 2.25. The SMILES string of the molecule is Cc1cccc(SC2CCN(C(=O)Cn3nnnc3CN3CCOCC3)CC2)c1. The smallest absolute Gasteiger partial charge is 0.244 e. The lowest BCUT2D eigenvalue weighted by Crippen LogP contribution is -2.41. The summed E-state index contributed by atoms with van der Waals surface area (Å²) in [6.07, 6.45) is 2.03. The Bertz CT molecular complexity index is 815. The molecule has 1 aromatic carbocycles. The van der Waals surface area contributed by atoms with Gasteiger partial charge in [0.15, 0.2) is 5.82 Å². The van der Waals surface area contributed by atoms with Crippen molar-refractivity contribution in [2.45, 2.75) is 43.0 Å². The van der Waals surface area contributed by atoms with Crippen molar-refractivity contribution in [1.82, 2.24) is 30.0 Å². The first kappa shape index (κ1) is 20.3. The molecule has 0 aliphatic carbocycles. The molecule has 3 heterocycles. The van der Waals surface area contributed by atoms with E-state index in [0.29, 0.717) is 11.8 Å². The lowest BCUT2D eigenvalue weighted by Gasteiger charge is -2.32. The number of carbonyl (C=O) groups is 1. The summed E-state index contributed by atoms with van der Waals surface area (Å²) < 4.78 is 7.03. The molecule has 1 amide bonds. The summed E-state index contributed by atoms with van der Waals surface area (Å²) in [6, 6.07) is 8.63. The maximum Gasteiger partial charge on any atom is 0.244 e. The van der Waals surface area contributed by atoms with Gasteiger partial charge in [0.2, 0.25) is 5.91 Å². The first-order valence-electron chi connectivity index (χ1n) is 10.2. The summed E-state index contributed by atoms with van der Waals surface area (Å²) in [5, 5.41) is 12.5. The van der Waals surface area contributed by atoms with Crippen LogP contribution in [-0.2, 0) is 22.6 Å². The molecule has 1 aromatic heterocycles. The van der Waals surface area contributed by atoms with Gasteiger partial charge in [0.05, 0.1) is 19.8 Å². The summed E-state index contributed by atoms with van der Waals surface area (Å²) >= 11 is 1.93. The number of likely N-dealkylation sites (tertiary alicyclic amines) is 1. The first-order chi connectivity index (χ1) is 14.2. The van der Waals surface area contributed by atoms with E-state index in [4.69, 9.17) is 4.74 Å². The third-order valence-electron chi connectivity index (χ3n) is 5.45. The van der Waals surface area contributed by atoms with Gasteiger partial charge in [0, 0.05) is 36.3 Å². The van der Waals surface area contributed by atoms with Crippen molar-refractivity contribution < 1.29 is 9.53 Å². The molecule has 0 atom stereocenters. The van der Waals surface area contributed by atoms with Crippen molar-refractivity contribution in [3.05, 3.63) is 35.7 Å². The van der Waals surface area contributed by atoms with E-state index in [9.17, 15) is 4.79 Å². The Hall–Kier alpha value is -1.97. The minimum Gasteiger partial charge on any atom is -0.379 e. The van der Waals surface area contributed by atoms with E-state index in [-0.39, 0.29) is 12.5 Å². The lowest BCUT2D eigenvalue weighted by molar-refractivity contribution is -0.132. The normalized spacial score (nSPS) is 18.9. The molecule has 2 saturated heterocycles. The van der Waals surface area contributed by atoms with Gasteiger partial charge in [-0.25, -0.2) is 4.68 Å². The van der Waals surface area contributed by atoms with Gasteiger partial charge in [-0.15, -0.1) is 16.9 Å². The monoisotopic (exact) mass is 416 g/mol. The van der Waals surface area contributed by atoms with E-state index < -0.39 is 0 Å². The molecule has 0 radical (unpaired) electrons. The van der Waals surface area contributed by atoms with Gasteiger partial charge in [-0.05, 0) is 42.3 Å². The fourth-order valence-corrected chi connectivity index (χ4v) is 4.99. The number of hydrogen-bond acceptors (Lipinski definition) is 7. The number of piperidine rings is 1. The number of thioether (sulfide) groups is 1. The Balaban J connectivity index is 1.26. The van der Waals surface area contributed by atoms with Gasteiger partial charge < -0.3 is 9.64 Å². The molecule has 8 nitrogen and oxygen atoms in total. The predicted molar refractivity (Wildman–Crippen MR) is 111 cm³/mol. The van der Waals surface area contributed by atoms with E-state index >= 15 is 0 Å². The van der Waals surface area contributed by atoms with Crippen LogP contribution in [0, 0.1) is 6.92 Å². The molecule has 0 N–H and O–H groups in total. The van der Waals surface area contributed by atoms with Crippen LogP contribution in [0.4, 0.5) is 0 Å². The third kappa shape index (κ3) is 5.55. The zero-order chi connectivity index (χ0) is 20.1. The average Bonchev–Trinajstić information content (AvgIpc) is 3.16. The van der Waals surface area contributed by atoms with E-state index in [1.807, 2.05) is 16.7 Å². The summed E-state index contributed by atoms with van der Waals surface area (Å²) in [5.41, 5.74) is 1.29. The Morgan fingerprint density at radius 1 is 1.21 bits per heavy atom. The van der Waals surface area contributed by atoms with Crippen LogP contribution in [0.1, 0.15) is 24.2 Å². The molecule has 4 rings (SSSR count). The molecule has 2 fully saturated rings. The highest BCUT2D eigenvalue weighted by Crippen LogP contribution is 2.30. The highest BCUT2D eigenvalue weighted by atomic mass is 32.2. The standard InChI is InChI=1S/C20H28N6O2S/c1-16-3-2-4-18(13-16)29-17-5-7-25(8-6-17)20(27)15-26-19(21-22-23-26)14-24-9-11-28-12-10-24/h2-4,13,17H,5-12,14-15H2,1H3. The van der Waals surface area contributed by atoms with E-state index in [1.54, 1.807) is 4.68 Å². The van der Waals surface area contributed by atoms with Crippen LogP contribution in [0.15, 0.2) is 29.2 Å². The third-order valence-corrected chi connectivity index (χ3v) is 6.78. The zero-order valence-electron chi connectivity index (χ0n) is 16.9. The molecule has 156 valence electrons. The molecule has 2 aliphatic rings. The number of hydrogen-bond donors (Lipinski definition) is 0. The number of aryl methyl sites for hydroxylation is 1. The summed E-state index contributed by atoms with van der Waals surface area (Å²) in [4.78, 5) is 18.3. The molecule has 29 heavy (non-hydrogen) atoms. The molecule has 0 unspecified atom stereocenters. The molecule has 0 bridgehead atoms. The second-order valence-electron chi connectivity index (χ2n) is 7.66. The average molecular weight is 417 g/mol. The zero-order valence-corrected chi connectivity index (χ0v) is 17.7. The van der Waals surface area contributed by atoms with Crippen LogP contribution in [-0.4, -0.2) is 80.6 Å². The second kappa shape index (κ2) is 9.69. The minimum atomic E-state index is 0.0968. The van der Waals surface area contributed by atoms with Crippen molar-refractivity contribution in [2.24, 2.45) is 0 Å². The van der Waals surface area contributed by atoms with E-state index in [2.05, 4.69) is 51.6 Å². The number of aromatic nitrogens is 4. The topological polar surface area (TPSA) is 76.4 Å². The molecular formula is C20H28N6O2S. The Labute approximate surface area is 175 Å². The number of rotatable bonds is 6. The first-order valence-corrected chi connectivity index (χ1v) is 11.1. The van der Waals surface area contributed by atoms with Crippen LogP contribution in [0.2, 0.25) is 0 Å². The van der Waals surface area contributed by atoms with Gasteiger partial charge in [-0.2, -0.15) is 0 Å². The largest absolute Gasteiger partial charge is 0.379 e. The van der Waals surface area contributed by atoms with Gasteiger partial charge in [0.25, 0.3) is 0 Å². The molecule has 2 aliphatic heterocycles. The second-order valence-corrected chi connectivity index (χ2v) is 9.03. The van der Waals surface area contributed by atoms with Gasteiger partial charge >= 0.3 is 0 Å². The molecule has 9 heteroatoms.